The molecule has 2 aromatic rings. The second-order valence-corrected chi connectivity index (χ2v) is 10.1. The van der Waals surface area contributed by atoms with Crippen LogP contribution in [0.15, 0.2) is 72.3 Å². The SMILES string of the molecule is C=CC/C(C#N)=C\C(=C/Cc1cc2c(c3ccccc13)/C=C\CC#CC2)B1OC(C)(C)C(C)(C)O1. The van der Waals surface area contributed by atoms with Crippen LogP contribution in [0.2, 0.25) is 0 Å². The molecule has 0 saturated carbocycles. The lowest BCUT2D eigenvalue weighted by Gasteiger charge is -2.32. The van der Waals surface area contributed by atoms with E-state index in [0.29, 0.717) is 18.4 Å². The molecule has 2 aromatic carbocycles. The number of fused-ring (bicyclic) bond motifs is 3. The minimum absolute atomic E-state index is 0.462. The van der Waals surface area contributed by atoms with E-state index < -0.39 is 18.3 Å². The third kappa shape index (κ3) is 5.20. The number of nitriles is 1. The molecule has 4 heteroatoms. The highest BCUT2D eigenvalue weighted by atomic mass is 16.7. The van der Waals surface area contributed by atoms with Gasteiger partial charge in [0.05, 0.1) is 17.3 Å². The summed E-state index contributed by atoms with van der Waals surface area (Å²) < 4.78 is 12.7. The van der Waals surface area contributed by atoms with Crippen LogP contribution in [0.5, 0.6) is 0 Å². The van der Waals surface area contributed by atoms with Crippen LogP contribution < -0.4 is 0 Å². The number of allylic oxidation sites excluding steroid dienone is 6. The summed E-state index contributed by atoms with van der Waals surface area (Å²) >= 11 is 0. The van der Waals surface area contributed by atoms with Gasteiger partial charge in [0.15, 0.2) is 0 Å². The van der Waals surface area contributed by atoms with Crippen molar-refractivity contribution < 1.29 is 9.31 Å². The van der Waals surface area contributed by atoms with E-state index in [0.717, 1.165) is 18.3 Å². The van der Waals surface area contributed by atoms with Crippen molar-refractivity contribution in [1.82, 2.24) is 0 Å². The lowest BCUT2D eigenvalue weighted by atomic mass is 9.76. The highest BCUT2D eigenvalue weighted by Crippen LogP contribution is 2.39. The average Bonchev–Trinajstić information content (AvgIpc) is 3.03. The van der Waals surface area contributed by atoms with E-state index in [4.69, 9.17) is 9.31 Å². The van der Waals surface area contributed by atoms with E-state index in [9.17, 15) is 5.26 Å². The lowest BCUT2D eigenvalue weighted by Crippen LogP contribution is -2.41. The first-order valence-electron chi connectivity index (χ1n) is 12.2. The van der Waals surface area contributed by atoms with Crippen LogP contribution in [0, 0.1) is 23.2 Å². The Morgan fingerprint density at radius 2 is 1.86 bits per heavy atom. The number of hydrogen-bond donors (Lipinski definition) is 0. The highest BCUT2D eigenvalue weighted by molar-refractivity contribution is 6.55. The smallest absolute Gasteiger partial charge is 0.399 e. The van der Waals surface area contributed by atoms with Gasteiger partial charge >= 0.3 is 7.12 Å². The van der Waals surface area contributed by atoms with Gasteiger partial charge in [0.25, 0.3) is 0 Å². The molecule has 35 heavy (non-hydrogen) atoms. The number of nitrogens with zero attached hydrogens (tertiary/aromatic N) is 1. The minimum Gasteiger partial charge on any atom is -0.399 e. The maximum atomic E-state index is 9.67. The van der Waals surface area contributed by atoms with E-state index in [1.165, 1.54) is 27.5 Å². The molecule has 176 valence electrons. The third-order valence-corrected chi connectivity index (χ3v) is 7.10. The van der Waals surface area contributed by atoms with Gasteiger partial charge in [0.2, 0.25) is 0 Å². The molecule has 0 bridgehead atoms. The van der Waals surface area contributed by atoms with Crippen LogP contribution in [-0.2, 0) is 22.2 Å². The molecule has 1 aliphatic carbocycles. The summed E-state index contributed by atoms with van der Waals surface area (Å²) in [6.07, 6.45) is 12.8. The van der Waals surface area contributed by atoms with Crippen LogP contribution >= 0.6 is 0 Å². The summed E-state index contributed by atoms with van der Waals surface area (Å²) in [5.41, 5.74) is 4.28. The maximum absolute atomic E-state index is 9.67. The fraction of sp³-hybridized carbons (Fsp3) is 0.323. The van der Waals surface area contributed by atoms with Crippen molar-refractivity contribution in [3.8, 4) is 17.9 Å². The van der Waals surface area contributed by atoms with Gasteiger partial charge in [-0.15, -0.1) is 6.58 Å². The van der Waals surface area contributed by atoms with Gasteiger partial charge < -0.3 is 9.31 Å². The fourth-order valence-corrected chi connectivity index (χ4v) is 4.44. The molecule has 4 rings (SSSR count). The van der Waals surface area contributed by atoms with E-state index >= 15 is 0 Å². The monoisotopic (exact) mass is 461 g/mol. The first-order chi connectivity index (χ1) is 16.8. The Labute approximate surface area is 210 Å². The zero-order chi connectivity index (χ0) is 25.1. The van der Waals surface area contributed by atoms with Gasteiger partial charge in [0, 0.05) is 24.8 Å². The molecule has 0 amide bonds. The molecule has 0 unspecified atom stereocenters. The van der Waals surface area contributed by atoms with Gasteiger partial charge in [-0.1, -0.05) is 66.5 Å². The lowest BCUT2D eigenvalue weighted by molar-refractivity contribution is 0.00578. The van der Waals surface area contributed by atoms with Crippen molar-refractivity contribution in [2.45, 2.75) is 64.6 Å². The van der Waals surface area contributed by atoms with Gasteiger partial charge in [-0.2, -0.15) is 5.26 Å². The van der Waals surface area contributed by atoms with Crippen LogP contribution in [-0.4, -0.2) is 18.3 Å². The minimum atomic E-state index is -0.544. The normalized spacial score (nSPS) is 19.7. The summed E-state index contributed by atoms with van der Waals surface area (Å²) in [5.74, 6) is 6.51. The molecule has 0 spiro atoms. The Morgan fingerprint density at radius 3 is 2.54 bits per heavy atom. The summed E-state index contributed by atoms with van der Waals surface area (Å²) in [5, 5.41) is 12.1. The van der Waals surface area contributed by atoms with E-state index in [1.807, 2.05) is 33.8 Å². The van der Waals surface area contributed by atoms with Gasteiger partial charge in [-0.05, 0) is 73.1 Å². The molecule has 0 radical (unpaired) electrons. The highest BCUT2D eigenvalue weighted by Gasteiger charge is 2.52. The summed E-state index contributed by atoms with van der Waals surface area (Å²) in [6, 6.07) is 13.1. The molecule has 1 fully saturated rings. The predicted octanol–water partition coefficient (Wildman–Crippen LogP) is 6.93. The zero-order valence-corrected chi connectivity index (χ0v) is 21.2. The van der Waals surface area contributed by atoms with Gasteiger partial charge in [-0.3, -0.25) is 0 Å². The van der Waals surface area contributed by atoms with E-state index in [-0.39, 0.29) is 0 Å². The average molecular weight is 461 g/mol. The van der Waals surface area contributed by atoms with Crippen molar-refractivity contribution in [1.29, 1.82) is 5.26 Å². The van der Waals surface area contributed by atoms with E-state index in [1.54, 1.807) is 6.08 Å². The Kier molecular flexibility index (Phi) is 7.18. The molecular formula is C31H32BNO2. The van der Waals surface area contributed by atoms with Gasteiger partial charge in [-0.25, -0.2) is 0 Å². The Morgan fingerprint density at radius 1 is 1.14 bits per heavy atom. The molecule has 0 aromatic heterocycles. The number of benzene rings is 2. The Bertz CT molecular complexity index is 1330. The number of rotatable bonds is 6. The molecule has 0 N–H and O–H groups in total. The predicted molar refractivity (Wildman–Crippen MR) is 145 cm³/mol. The van der Waals surface area contributed by atoms with Crippen LogP contribution in [0.3, 0.4) is 0 Å². The third-order valence-electron chi connectivity index (χ3n) is 7.10. The van der Waals surface area contributed by atoms with Crippen molar-refractivity contribution in [3.63, 3.8) is 0 Å². The van der Waals surface area contributed by atoms with E-state index in [2.05, 4.69) is 73.0 Å². The van der Waals surface area contributed by atoms with Crippen molar-refractivity contribution >= 4 is 24.0 Å². The maximum Gasteiger partial charge on any atom is 0.494 e. The first kappa shape index (κ1) is 24.8. The van der Waals surface area contributed by atoms with Crippen molar-refractivity contribution in [3.05, 3.63) is 89.0 Å². The molecule has 1 heterocycles. The van der Waals surface area contributed by atoms with Crippen LogP contribution in [0.1, 0.15) is 57.2 Å². The molecule has 1 aliphatic heterocycles. The quantitative estimate of drug-likeness (QED) is 0.154. The summed E-state index contributed by atoms with van der Waals surface area (Å²) in [6.45, 7) is 12.0. The second-order valence-electron chi connectivity index (χ2n) is 10.1. The van der Waals surface area contributed by atoms with Gasteiger partial charge in [0.1, 0.15) is 0 Å². The summed E-state index contributed by atoms with van der Waals surface area (Å²) in [7, 11) is -0.544. The molecule has 1 saturated heterocycles. The second kappa shape index (κ2) is 10.1. The molecule has 3 nitrogen and oxygen atoms in total. The van der Waals surface area contributed by atoms with Crippen molar-refractivity contribution in [2.24, 2.45) is 0 Å². The zero-order valence-electron chi connectivity index (χ0n) is 21.2. The number of hydrogen-bond acceptors (Lipinski definition) is 3. The molecule has 2 aliphatic rings. The molecular weight excluding hydrogens is 429 g/mol. The Hall–Kier alpha value is -3.31. The molecule has 0 atom stereocenters. The van der Waals surface area contributed by atoms with Crippen LogP contribution in [0.25, 0.3) is 16.8 Å². The van der Waals surface area contributed by atoms with Crippen LogP contribution in [0.4, 0.5) is 0 Å². The largest absolute Gasteiger partial charge is 0.494 e. The van der Waals surface area contributed by atoms with Crippen molar-refractivity contribution in [2.75, 3.05) is 0 Å². The topological polar surface area (TPSA) is 42.2 Å². The Balaban J connectivity index is 1.79. The summed E-state index contributed by atoms with van der Waals surface area (Å²) in [4.78, 5) is 0. The first-order valence-corrected chi connectivity index (χ1v) is 12.2. The fourth-order valence-electron chi connectivity index (χ4n) is 4.44. The standard InChI is InChI=1S/C31H32BNO2/c1-6-13-23(22-33)20-26(32-34-30(2,3)31(4,5)35-32)19-18-25-21-24-14-9-7-8-10-15-27(24)29-17-12-11-16-28(25)29/h6,10-12,15-17,19-21H,1,8,13-14,18H2,2-5H3/b15-10-,23-20+,26-19+.